The van der Waals surface area contributed by atoms with E-state index >= 15 is 0 Å². The highest BCUT2D eigenvalue weighted by atomic mass is 15.3. The number of nitrogens with zero attached hydrogens (tertiary/aromatic N) is 3. The number of rotatable bonds is 5. The van der Waals surface area contributed by atoms with E-state index in [-0.39, 0.29) is 0 Å². The van der Waals surface area contributed by atoms with Crippen LogP contribution in [0.1, 0.15) is 18.4 Å². The van der Waals surface area contributed by atoms with E-state index in [1.54, 1.807) is 6.33 Å². The Balaban J connectivity index is 1.83. The Morgan fingerprint density at radius 1 is 1.47 bits per heavy atom. The Morgan fingerprint density at radius 3 is 3.13 bits per heavy atom. The van der Waals surface area contributed by atoms with Gasteiger partial charge < -0.3 is 14.9 Å². The number of aromatic amines is 1. The van der Waals surface area contributed by atoms with Crippen LogP contribution in [0.3, 0.4) is 0 Å². The molecule has 0 saturated heterocycles. The van der Waals surface area contributed by atoms with E-state index in [4.69, 9.17) is 0 Å². The van der Waals surface area contributed by atoms with Gasteiger partial charge >= 0.3 is 0 Å². The van der Waals surface area contributed by atoms with Crippen molar-refractivity contribution < 1.29 is 0 Å². The molecule has 2 rings (SSSR count). The average molecular weight is 205 g/mol. The van der Waals surface area contributed by atoms with Crippen LogP contribution in [0.2, 0.25) is 0 Å². The average Bonchev–Trinajstić information content (AvgIpc) is 2.88. The fourth-order valence-corrected chi connectivity index (χ4v) is 1.47. The summed E-state index contributed by atoms with van der Waals surface area (Å²) in [6, 6.07) is 4.04. The molecule has 0 aromatic carbocycles. The van der Waals surface area contributed by atoms with Crippen LogP contribution >= 0.6 is 0 Å². The lowest BCUT2D eigenvalue weighted by Crippen LogP contribution is -2.16. The zero-order valence-electron chi connectivity index (χ0n) is 8.77. The van der Waals surface area contributed by atoms with Crippen molar-refractivity contribution in [2.24, 2.45) is 0 Å². The molecule has 5 heteroatoms. The molecule has 0 amide bonds. The minimum Gasteiger partial charge on any atom is -0.364 e. The van der Waals surface area contributed by atoms with Crippen molar-refractivity contribution in [3.8, 4) is 0 Å². The van der Waals surface area contributed by atoms with Crippen molar-refractivity contribution in [1.82, 2.24) is 25.1 Å². The van der Waals surface area contributed by atoms with Crippen molar-refractivity contribution in [1.29, 1.82) is 0 Å². The van der Waals surface area contributed by atoms with E-state index in [9.17, 15) is 0 Å². The zero-order chi connectivity index (χ0) is 10.5. The SMILES string of the molecule is CCn1cnnc1CNCc1ccc[nH]1. The lowest BCUT2D eigenvalue weighted by atomic mass is 10.4. The maximum absolute atomic E-state index is 4.05. The van der Waals surface area contributed by atoms with Crippen molar-refractivity contribution >= 4 is 0 Å². The molecule has 2 aromatic rings. The van der Waals surface area contributed by atoms with E-state index in [0.717, 1.165) is 25.5 Å². The van der Waals surface area contributed by atoms with E-state index < -0.39 is 0 Å². The lowest BCUT2D eigenvalue weighted by Gasteiger charge is -2.04. The summed E-state index contributed by atoms with van der Waals surface area (Å²) in [4.78, 5) is 3.14. The van der Waals surface area contributed by atoms with Gasteiger partial charge in [-0.2, -0.15) is 0 Å². The maximum Gasteiger partial charge on any atom is 0.146 e. The summed E-state index contributed by atoms with van der Waals surface area (Å²) in [6.07, 6.45) is 3.68. The molecule has 2 heterocycles. The van der Waals surface area contributed by atoms with Crippen molar-refractivity contribution in [3.63, 3.8) is 0 Å². The molecular formula is C10H15N5. The predicted octanol–water partition coefficient (Wildman–Crippen LogP) is 0.916. The van der Waals surface area contributed by atoms with Crippen molar-refractivity contribution in [2.75, 3.05) is 0 Å². The zero-order valence-corrected chi connectivity index (χ0v) is 8.77. The number of hydrogen-bond donors (Lipinski definition) is 2. The predicted molar refractivity (Wildman–Crippen MR) is 57.0 cm³/mol. The molecule has 0 aliphatic carbocycles. The summed E-state index contributed by atoms with van der Waals surface area (Å²) in [7, 11) is 0. The lowest BCUT2D eigenvalue weighted by molar-refractivity contribution is 0.608. The van der Waals surface area contributed by atoms with Gasteiger partial charge in [-0.15, -0.1) is 10.2 Å². The number of H-pyrrole nitrogens is 1. The Labute approximate surface area is 88.5 Å². The van der Waals surface area contributed by atoms with E-state index in [2.05, 4.69) is 33.5 Å². The molecule has 0 spiro atoms. The third kappa shape index (κ3) is 2.44. The minimum atomic E-state index is 0.743. The molecule has 0 fully saturated rings. The first-order valence-electron chi connectivity index (χ1n) is 5.10. The molecule has 2 N–H and O–H groups in total. The fraction of sp³-hybridized carbons (Fsp3) is 0.400. The molecule has 15 heavy (non-hydrogen) atoms. The first kappa shape index (κ1) is 9.92. The Bertz CT molecular complexity index is 390. The van der Waals surface area contributed by atoms with Gasteiger partial charge in [-0.1, -0.05) is 0 Å². The molecule has 0 unspecified atom stereocenters. The summed E-state index contributed by atoms with van der Waals surface area (Å²) in [6.45, 7) is 4.56. The topological polar surface area (TPSA) is 58.5 Å². The summed E-state index contributed by atoms with van der Waals surface area (Å²) in [5.74, 6) is 0.976. The van der Waals surface area contributed by atoms with Gasteiger partial charge in [0.1, 0.15) is 12.2 Å². The molecule has 0 bridgehead atoms. The Morgan fingerprint density at radius 2 is 2.40 bits per heavy atom. The van der Waals surface area contributed by atoms with Crippen LogP contribution in [0.15, 0.2) is 24.7 Å². The standard InChI is InChI=1S/C10H15N5/c1-2-15-8-13-14-10(15)7-11-6-9-4-3-5-12-9/h3-5,8,11-12H,2,6-7H2,1H3. The van der Waals surface area contributed by atoms with Gasteiger partial charge in [0, 0.05) is 25.0 Å². The van der Waals surface area contributed by atoms with Crippen LogP contribution < -0.4 is 5.32 Å². The van der Waals surface area contributed by atoms with Crippen molar-refractivity contribution in [2.45, 2.75) is 26.6 Å². The Hall–Kier alpha value is -1.62. The molecule has 0 aliphatic heterocycles. The summed E-state index contributed by atoms with van der Waals surface area (Å²) >= 11 is 0. The second-order valence-corrected chi connectivity index (χ2v) is 3.33. The van der Waals surface area contributed by atoms with Crippen LogP contribution in [-0.2, 0) is 19.6 Å². The highest BCUT2D eigenvalue weighted by Gasteiger charge is 2.01. The highest BCUT2D eigenvalue weighted by Crippen LogP contribution is 1.96. The van der Waals surface area contributed by atoms with Gasteiger partial charge in [-0.25, -0.2) is 0 Å². The second-order valence-electron chi connectivity index (χ2n) is 3.33. The number of hydrogen-bond acceptors (Lipinski definition) is 3. The van der Waals surface area contributed by atoms with Crippen LogP contribution in [0, 0.1) is 0 Å². The van der Waals surface area contributed by atoms with Gasteiger partial charge in [-0.3, -0.25) is 0 Å². The molecule has 80 valence electrons. The molecule has 2 aromatic heterocycles. The normalized spacial score (nSPS) is 10.7. The van der Waals surface area contributed by atoms with Gasteiger partial charge in [0.25, 0.3) is 0 Å². The molecule has 0 atom stereocenters. The summed E-state index contributed by atoms with van der Waals surface area (Å²) in [5.41, 5.74) is 1.18. The Kier molecular flexibility index (Phi) is 3.14. The third-order valence-electron chi connectivity index (χ3n) is 2.30. The fourth-order valence-electron chi connectivity index (χ4n) is 1.47. The van der Waals surface area contributed by atoms with E-state index in [0.29, 0.717) is 0 Å². The highest BCUT2D eigenvalue weighted by molar-refractivity contribution is 5.03. The van der Waals surface area contributed by atoms with Crippen LogP contribution in [0.25, 0.3) is 0 Å². The molecule has 5 nitrogen and oxygen atoms in total. The largest absolute Gasteiger partial charge is 0.364 e. The molecule has 0 saturated carbocycles. The van der Waals surface area contributed by atoms with Crippen LogP contribution in [0.4, 0.5) is 0 Å². The van der Waals surface area contributed by atoms with Gasteiger partial charge in [-0.05, 0) is 19.1 Å². The number of aromatic nitrogens is 4. The molecular weight excluding hydrogens is 190 g/mol. The van der Waals surface area contributed by atoms with E-state index in [1.807, 2.05) is 16.8 Å². The molecule has 0 aliphatic rings. The first-order valence-corrected chi connectivity index (χ1v) is 5.10. The van der Waals surface area contributed by atoms with E-state index in [1.165, 1.54) is 5.69 Å². The summed E-state index contributed by atoms with van der Waals surface area (Å²) < 4.78 is 2.03. The van der Waals surface area contributed by atoms with Crippen LogP contribution in [-0.4, -0.2) is 19.7 Å². The van der Waals surface area contributed by atoms with Gasteiger partial charge in [0.05, 0.1) is 6.54 Å². The van der Waals surface area contributed by atoms with Crippen LogP contribution in [0.5, 0.6) is 0 Å². The monoisotopic (exact) mass is 205 g/mol. The third-order valence-corrected chi connectivity index (χ3v) is 2.30. The second kappa shape index (κ2) is 4.75. The van der Waals surface area contributed by atoms with Gasteiger partial charge in [0.15, 0.2) is 0 Å². The number of aryl methyl sites for hydroxylation is 1. The summed E-state index contributed by atoms with van der Waals surface area (Å²) in [5, 5.41) is 11.2. The quantitative estimate of drug-likeness (QED) is 0.763. The minimum absolute atomic E-state index is 0.743. The van der Waals surface area contributed by atoms with Crippen molar-refractivity contribution in [3.05, 3.63) is 36.2 Å². The smallest absolute Gasteiger partial charge is 0.146 e. The first-order chi connectivity index (χ1) is 7.40. The van der Waals surface area contributed by atoms with Gasteiger partial charge in [0.2, 0.25) is 0 Å². The maximum atomic E-state index is 4.05. The number of nitrogens with one attached hydrogen (secondary N) is 2. The molecule has 0 radical (unpaired) electrons.